The van der Waals surface area contributed by atoms with Crippen LogP contribution in [0.4, 0.5) is 0 Å². The van der Waals surface area contributed by atoms with E-state index in [-0.39, 0.29) is 11.4 Å². The summed E-state index contributed by atoms with van der Waals surface area (Å²) in [5.41, 5.74) is 6.97. The maximum Gasteiger partial charge on any atom is 0.291 e. The number of carbonyl (C=O) groups is 1. The third kappa shape index (κ3) is 4.29. The van der Waals surface area contributed by atoms with Crippen LogP contribution in [0, 0.1) is 6.92 Å². The van der Waals surface area contributed by atoms with Crippen molar-refractivity contribution in [1.82, 2.24) is 15.2 Å². The molecule has 1 aromatic heterocycles. The molecular weight excluding hydrogens is 424 g/mol. The molecule has 6 nitrogen and oxygen atoms in total. The third-order valence-corrected chi connectivity index (χ3v) is 5.57. The van der Waals surface area contributed by atoms with Crippen molar-refractivity contribution >= 4 is 22.9 Å². The molecule has 6 heteroatoms. The fourth-order valence-electron chi connectivity index (χ4n) is 3.74. The minimum absolute atomic E-state index is 0.0859. The summed E-state index contributed by atoms with van der Waals surface area (Å²) < 4.78 is 1.77. The van der Waals surface area contributed by atoms with Crippen molar-refractivity contribution in [3.63, 3.8) is 0 Å². The van der Waals surface area contributed by atoms with Gasteiger partial charge in [0, 0.05) is 11.1 Å². The Kier molecular flexibility index (Phi) is 5.62. The lowest BCUT2D eigenvalue weighted by Gasteiger charge is -2.09. The second-order valence-electron chi connectivity index (χ2n) is 7.98. The molecule has 0 aliphatic carbocycles. The van der Waals surface area contributed by atoms with E-state index in [0.29, 0.717) is 5.56 Å². The highest BCUT2D eigenvalue weighted by Gasteiger charge is 2.17. The molecule has 166 valence electrons. The van der Waals surface area contributed by atoms with E-state index in [2.05, 4.69) is 39.9 Å². The fraction of sp³-hybridized carbons (Fsp3) is 0.0357. The van der Waals surface area contributed by atoms with Crippen LogP contribution in [0.15, 0.2) is 102 Å². The van der Waals surface area contributed by atoms with Crippen LogP contribution in [0.2, 0.25) is 0 Å². The third-order valence-electron chi connectivity index (χ3n) is 5.57. The monoisotopic (exact) mass is 446 g/mol. The van der Waals surface area contributed by atoms with Crippen molar-refractivity contribution in [2.45, 2.75) is 6.92 Å². The van der Waals surface area contributed by atoms with Crippen molar-refractivity contribution in [2.24, 2.45) is 5.10 Å². The average molecular weight is 447 g/mol. The Labute approximate surface area is 196 Å². The van der Waals surface area contributed by atoms with Gasteiger partial charge in [0.1, 0.15) is 5.75 Å². The number of carbonyl (C=O) groups excluding carboxylic acids is 1. The smallest absolute Gasteiger partial charge is 0.291 e. The van der Waals surface area contributed by atoms with Gasteiger partial charge in [-0.3, -0.25) is 4.79 Å². The summed E-state index contributed by atoms with van der Waals surface area (Å²) >= 11 is 0. The summed E-state index contributed by atoms with van der Waals surface area (Å²) in [6.07, 6.45) is 1.40. The first-order valence-electron chi connectivity index (χ1n) is 10.9. The molecule has 0 radical (unpaired) electrons. The first kappa shape index (κ1) is 21.2. The van der Waals surface area contributed by atoms with Crippen LogP contribution in [0.5, 0.6) is 5.75 Å². The highest BCUT2D eigenvalue weighted by molar-refractivity contribution is 5.95. The van der Waals surface area contributed by atoms with E-state index in [1.807, 2.05) is 49.4 Å². The molecular formula is C28H22N4O2. The van der Waals surface area contributed by atoms with E-state index in [1.165, 1.54) is 6.21 Å². The quantitative estimate of drug-likeness (QED) is 0.278. The van der Waals surface area contributed by atoms with E-state index in [9.17, 15) is 9.90 Å². The molecule has 1 heterocycles. The second kappa shape index (κ2) is 9.03. The molecule has 5 aromatic rings. The summed E-state index contributed by atoms with van der Waals surface area (Å²) in [6, 6.07) is 30.8. The van der Waals surface area contributed by atoms with Gasteiger partial charge in [-0.05, 0) is 54.1 Å². The van der Waals surface area contributed by atoms with Crippen molar-refractivity contribution in [3.05, 3.63) is 114 Å². The van der Waals surface area contributed by atoms with E-state index in [4.69, 9.17) is 0 Å². The van der Waals surface area contributed by atoms with Crippen LogP contribution in [0.1, 0.15) is 21.6 Å². The average Bonchev–Trinajstić information content (AvgIpc) is 3.31. The number of para-hydroxylation sites is 1. The van der Waals surface area contributed by atoms with E-state index in [1.54, 1.807) is 35.0 Å². The lowest BCUT2D eigenvalue weighted by Crippen LogP contribution is -2.18. The molecule has 0 spiro atoms. The minimum atomic E-state index is -0.445. The lowest BCUT2D eigenvalue weighted by molar-refractivity contribution is 0.0949. The van der Waals surface area contributed by atoms with Crippen LogP contribution >= 0.6 is 0 Å². The topological polar surface area (TPSA) is 79.5 Å². The molecule has 0 atom stereocenters. The van der Waals surface area contributed by atoms with Gasteiger partial charge >= 0.3 is 0 Å². The van der Waals surface area contributed by atoms with Gasteiger partial charge in [-0.15, -0.1) is 0 Å². The zero-order valence-corrected chi connectivity index (χ0v) is 18.5. The predicted molar refractivity (Wildman–Crippen MR) is 134 cm³/mol. The predicted octanol–water partition coefficient (Wildman–Crippen LogP) is 5.47. The van der Waals surface area contributed by atoms with E-state index < -0.39 is 5.91 Å². The molecule has 0 aliphatic rings. The Morgan fingerprint density at radius 1 is 0.912 bits per heavy atom. The van der Waals surface area contributed by atoms with Gasteiger partial charge in [0.2, 0.25) is 0 Å². The second-order valence-corrected chi connectivity index (χ2v) is 7.98. The number of benzene rings is 4. The van der Waals surface area contributed by atoms with Gasteiger partial charge < -0.3 is 5.11 Å². The number of hydrazone groups is 1. The Balaban J connectivity index is 1.51. The fourth-order valence-corrected chi connectivity index (χ4v) is 3.74. The van der Waals surface area contributed by atoms with Gasteiger partial charge in [-0.1, -0.05) is 66.2 Å². The van der Waals surface area contributed by atoms with Crippen molar-refractivity contribution in [2.75, 3.05) is 0 Å². The molecule has 2 N–H and O–H groups in total. The molecule has 0 fully saturated rings. The number of nitrogens with zero attached hydrogens (tertiary/aromatic N) is 3. The molecule has 34 heavy (non-hydrogen) atoms. The molecule has 0 aliphatic heterocycles. The van der Waals surface area contributed by atoms with Gasteiger partial charge in [0.15, 0.2) is 5.69 Å². The SMILES string of the molecule is Cc1ccc(-n2nc(C(=O)N/N=C\c3ccccc3O)cc2-c2ccc3ccccc3c2)cc1. The first-order valence-corrected chi connectivity index (χ1v) is 10.9. The first-order chi connectivity index (χ1) is 16.6. The number of phenols is 1. The number of rotatable bonds is 5. The Hall–Kier alpha value is -4.71. The highest BCUT2D eigenvalue weighted by Crippen LogP contribution is 2.28. The summed E-state index contributed by atoms with van der Waals surface area (Å²) in [7, 11) is 0. The molecule has 0 saturated carbocycles. The van der Waals surface area contributed by atoms with Crippen LogP contribution in [0.25, 0.3) is 27.7 Å². The maximum atomic E-state index is 12.9. The standard InChI is InChI=1S/C28H22N4O2/c1-19-10-14-24(15-11-19)32-26(22-13-12-20-6-2-3-7-21(20)16-22)17-25(31-32)28(34)30-29-18-23-8-4-5-9-27(23)33/h2-18,33H,1H3,(H,30,34)/b29-18-. The van der Waals surface area contributed by atoms with Crippen molar-refractivity contribution in [1.29, 1.82) is 0 Å². The minimum Gasteiger partial charge on any atom is -0.507 e. The van der Waals surface area contributed by atoms with Gasteiger partial charge in [0.05, 0.1) is 17.6 Å². The molecule has 0 saturated heterocycles. The van der Waals surface area contributed by atoms with Gasteiger partial charge in [-0.25, -0.2) is 10.1 Å². The van der Waals surface area contributed by atoms with Crippen LogP contribution in [-0.2, 0) is 0 Å². The molecule has 5 rings (SSSR count). The number of nitrogens with one attached hydrogen (secondary N) is 1. The molecule has 4 aromatic carbocycles. The van der Waals surface area contributed by atoms with E-state index >= 15 is 0 Å². The van der Waals surface area contributed by atoms with Crippen LogP contribution in [-0.4, -0.2) is 27.0 Å². The number of hydrogen-bond acceptors (Lipinski definition) is 4. The summed E-state index contributed by atoms with van der Waals surface area (Å²) in [5, 5.41) is 20.7. The number of aryl methyl sites for hydroxylation is 1. The van der Waals surface area contributed by atoms with E-state index in [0.717, 1.165) is 33.3 Å². The van der Waals surface area contributed by atoms with Gasteiger partial charge in [0.25, 0.3) is 5.91 Å². The number of aromatic nitrogens is 2. The maximum absolute atomic E-state index is 12.9. The zero-order chi connectivity index (χ0) is 23.5. The lowest BCUT2D eigenvalue weighted by atomic mass is 10.0. The number of aromatic hydroxyl groups is 1. The Morgan fingerprint density at radius 2 is 1.65 bits per heavy atom. The number of amides is 1. The van der Waals surface area contributed by atoms with Crippen LogP contribution in [0.3, 0.4) is 0 Å². The van der Waals surface area contributed by atoms with Crippen molar-refractivity contribution < 1.29 is 9.90 Å². The van der Waals surface area contributed by atoms with Gasteiger partial charge in [-0.2, -0.15) is 10.2 Å². The zero-order valence-electron chi connectivity index (χ0n) is 18.5. The van der Waals surface area contributed by atoms with Crippen LogP contribution < -0.4 is 5.43 Å². The summed E-state index contributed by atoms with van der Waals surface area (Å²) in [4.78, 5) is 12.9. The number of fused-ring (bicyclic) bond motifs is 1. The summed E-state index contributed by atoms with van der Waals surface area (Å²) in [6.45, 7) is 2.03. The number of hydrogen-bond donors (Lipinski definition) is 2. The molecule has 1 amide bonds. The normalized spacial score (nSPS) is 11.2. The largest absolute Gasteiger partial charge is 0.507 e. The Morgan fingerprint density at radius 3 is 2.44 bits per heavy atom. The summed E-state index contributed by atoms with van der Waals surface area (Å²) in [5.74, 6) is -0.359. The number of phenolic OH excluding ortho intramolecular Hbond substituents is 1. The highest BCUT2D eigenvalue weighted by atomic mass is 16.3. The van der Waals surface area contributed by atoms with Crippen molar-refractivity contribution in [3.8, 4) is 22.7 Å². The molecule has 0 bridgehead atoms. The Bertz CT molecular complexity index is 1520. The molecule has 0 unspecified atom stereocenters.